The minimum atomic E-state index is -0.119. The molecule has 1 aliphatic heterocycles. The summed E-state index contributed by atoms with van der Waals surface area (Å²) in [6.45, 7) is 4.78. The number of benzene rings is 1. The fourth-order valence-electron chi connectivity index (χ4n) is 2.51. The zero-order chi connectivity index (χ0) is 16.1. The van der Waals surface area contributed by atoms with Gasteiger partial charge >= 0.3 is 0 Å². The van der Waals surface area contributed by atoms with E-state index in [0.717, 1.165) is 38.4 Å². The third kappa shape index (κ3) is 4.07. The average molecular weight is 332 g/mol. The van der Waals surface area contributed by atoms with Gasteiger partial charge in [0.25, 0.3) is 5.91 Å². The van der Waals surface area contributed by atoms with Crippen LogP contribution in [-0.2, 0) is 4.74 Å². The maximum atomic E-state index is 12.5. The molecule has 7 heteroatoms. The van der Waals surface area contributed by atoms with Crippen LogP contribution in [0, 0.1) is 0 Å². The van der Waals surface area contributed by atoms with Gasteiger partial charge < -0.3 is 15.8 Å². The number of hydrogen-bond donors (Lipinski definition) is 2. The highest BCUT2D eigenvalue weighted by molar-refractivity contribution is 7.17. The quantitative estimate of drug-likeness (QED) is 0.866. The number of ether oxygens (including phenoxy) is 1. The first-order valence-electron chi connectivity index (χ1n) is 7.64. The van der Waals surface area contributed by atoms with Gasteiger partial charge in [-0.1, -0.05) is 41.7 Å². The van der Waals surface area contributed by atoms with E-state index in [4.69, 9.17) is 10.5 Å². The predicted molar refractivity (Wildman–Crippen MR) is 91.6 cm³/mol. The van der Waals surface area contributed by atoms with Crippen molar-refractivity contribution in [3.63, 3.8) is 0 Å². The summed E-state index contributed by atoms with van der Waals surface area (Å²) in [6.07, 6.45) is 0. The van der Waals surface area contributed by atoms with Crippen LogP contribution >= 0.6 is 11.3 Å². The predicted octanol–water partition coefficient (Wildman–Crippen LogP) is 1.45. The number of aromatic nitrogens is 1. The monoisotopic (exact) mass is 332 g/mol. The van der Waals surface area contributed by atoms with Crippen LogP contribution in [0.4, 0.5) is 5.13 Å². The molecule has 0 aliphatic carbocycles. The molecular weight excluding hydrogens is 312 g/mol. The van der Waals surface area contributed by atoms with Gasteiger partial charge in [-0.2, -0.15) is 0 Å². The van der Waals surface area contributed by atoms with Crippen molar-refractivity contribution < 1.29 is 9.53 Å². The lowest BCUT2D eigenvalue weighted by molar-refractivity contribution is 0.0383. The molecule has 0 bridgehead atoms. The van der Waals surface area contributed by atoms with E-state index in [9.17, 15) is 4.79 Å². The van der Waals surface area contributed by atoms with Crippen molar-refractivity contribution in [1.82, 2.24) is 15.2 Å². The molecule has 3 rings (SSSR count). The Balaban J connectivity index is 1.63. The lowest BCUT2D eigenvalue weighted by atomic mass is 10.1. The van der Waals surface area contributed by atoms with Crippen LogP contribution in [0.2, 0.25) is 0 Å². The fraction of sp³-hybridized carbons (Fsp3) is 0.375. The molecule has 1 aromatic heterocycles. The number of amides is 1. The number of nitrogens with zero attached hydrogens (tertiary/aromatic N) is 2. The number of nitrogens with one attached hydrogen (secondary N) is 1. The molecule has 1 saturated heterocycles. The lowest BCUT2D eigenvalue weighted by Crippen LogP contribution is -2.41. The molecule has 0 unspecified atom stereocenters. The number of thiazole rings is 1. The minimum Gasteiger partial charge on any atom is -0.379 e. The molecule has 3 N–H and O–H groups in total. The molecule has 23 heavy (non-hydrogen) atoms. The number of anilines is 1. The molecular formula is C16H20N4O2S. The average Bonchev–Trinajstić information content (AvgIpc) is 2.98. The normalized spacial score (nSPS) is 15.5. The van der Waals surface area contributed by atoms with Gasteiger partial charge in [-0.15, -0.1) is 0 Å². The van der Waals surface area contributed by atoms with Gasteiger partial charge in [-0.25, -0.2) is 4.98 Å². The van der Waals surface area contributed by atoms with E-state index in [1.165, 1.54) is 11.3 Å². The molecule has 0 atom stereocenters. The molecule has 1 aliphatic rings. The van der Waals surface area contributed by atoms with E-state index in [-0.39, 0.29) is 5.91 Å². The smallest absolute Gasteiger partial charge is 0.263 e. The van der Waals surface area contributed by atoms with Crippen LogP contribution in [0.1, 0.15) is 9.67 Å². The van der Waals surface area contributed by atoms with Crippen molar-refractivity contribution in [3.05, 3.63) is 35.2 Å². The van der Waals surface area contributed by atoms with Crippen LogP contribution < -0.4 is 11.1 Å². The standard InChI is InChI=1S/C16H20N4O2S/c17-16-19-13(12-4-2-1-3-5-12)14(23-16)15(21)18-6-7-20-8-10-22-11-9-20/h1-5H,6-11H2,(H2,17,19)(H,18,21). The Hall–Kier alpha value is -1.96. The zero-order valence-corrected chi connectivity index (χ0v) is 13.6. The number of hydrogen-bond acceptors (Lipinski definition) is 6. The van der Waals surface area contributed by atoms with Crippen molar-refractivity contribution in [2.75, 3.05) is 45.1 Å². The van der Waals surface area contributed by atoms with E-state index in [1.54, 1.807) is 0 Å². The second-order valence-electron chi connectivity index (χ2n) is 5.31. The molecule has 1 fully saturated rings. The number of carbonyl (C=O) groups excluding carboxylic acids is 1. The molecule has 0 spiro atoms. The topological polar surface area (TPSA) is 80.5 Å². The van der Waals surface area contributed by atoms with Gasteiger partial charge in [0.05, 0.1) is 18.9 Å². The maximum absolute atomic E-state index is 12.5. The van der Waals surface area contributed by atoms with Crippen LogP contribution in [0.5, 0.6) is 0 Å². The van der Waals surface area contributed by atoms with E-state index in [1.807, 2.05) is 30.3 Å². The Morgan fingerprint density at radius 1 is 1.30 bits per heavy atom. The Bertz CT molecular complexity index is 653. The number of carbonyl (C=O) groups is 1. The molecule has 1 amide bonds. The molecule has 0 saturated carbocycles. The van der Waals surface area contributed by atoms with Crippen LogP contribution in [0.25, 0.3) is 11.3 Å². The second kappa shape index (κ2) is 7.54. The van der Waals surface area contributed by atoms with E-state index in [2.05, 4.69) is 15.2 Å². The Morgan fingerprint density at radius 2 is 2.04 bits per heavy atom. The lowest BCUT2D eigenvalue weighted by Gasteiger charge is -2.26. The zero-order valence-electron chi connectivity index (χ0n) is 12.8. The summed E-state index contributed by atoms with van der Waals surface area (Å²) >= 11 is 1.22. The first kappa shape index (κ1) is 15.9. The van der Waals surface area contributed by atoms with Gasteiger partial charge in [-0.3, -0.25) is 9.69 Å². The summed E-state index contributed by atoms with van der Waals surface area (Å²) < 4.78 is 5.31. The summed E-state index contributed by atoms with van der Waals surface area (Å²) in [6, 6.07) is 9.63. The van der Waals surface area contributed by atoms with E-state index >= 15 is 0 Å². The summed E-state index contributed by atoms with van der Waals surface area (Å²) in [4.78, 5) is 19.6. The molecule has 2 heterocycles. The van der Waals surface area contributed by atoms with E-state index in [0.29, 0.717) is 22.2 Å². The summed E-state index contributed by atoms with van der Waals surface area (Å²) in [5.74, 6) is -0.119. The Morgan fingerprint density at radius 3 is 2.78 bits per heavy atom. The van der Waals surface area contributed by atoms with E-state index < -0.39 is 0 Å². The maximum Gasteiger partial charge on any atom is 0.263 e. The number of nitrogens with two attached hydrogens (primary N) is 1. The molecule has 1 aromatic carbocycles. The van der Waals surface area contributed by atoms with Crippen molar-refractivity contribution in [1.29, 1.82) is 0 Å². The molecule has 122 valence electrons. The SMILES string of the molecule is Nc1nc(-c2ccccc2)c(C(=O)NCCN2CCOCC2)s1. The van der Waals surface area contributed by atoms with Gasteiger partial charge in [0.2, 0.25) is 0 Å². The molecule has 6 nitrogen and oxygen atoms in total. The Labute approximate surface area is 139 Å². The summed E-state index contributed by atoms with van der Waals surface area (Å²) in [7, 11) is 0. The summed E-state index contributed by atoms with van der Waals surface area (Å²) in [5.41, 5.74) is 7.36. The van der Waals surface area contributed by atoms with Crippen molar-refractivity contribution >= 4 is 22.4 Å². The molecule has 0 radical (unpaired) electrons. The highest BCUT2D eigenvalue weighted by atomic mass is 32.1. The van der Waals surface area contributed by atoms with Crippen LogP contribution in [-0.4, -0.2) is 55.2 Å². The van der Waals surface area contributed by atoms with Crippen molar-refractivity contribution in [2.24, 2.45) is 0 Å². The fourth-order valence-corrected chi connectivity index (χ4v) is 3.29. The van der Waals surface area contributed by atoms with Crippen LogP contribution in [0.3, 0.4) is 0 Å². The van der Waals surface area contributed by atoms with Crippen LogP contribution in [0.15, 0.2) is 30.3 Å². The van der Waals surface area contributed by atoms with Gasteiger partial charge in [0, 0.05) is 31.7 Å². The van der Waals surface area contributed by atoms with Gasteiger partial charge in [0.15, 0.2) is 5.13 Å². The first-order valence-corrected chi connectivity index (χ1v) is 8.46. The first-order chi connectivity index (χ1) is 11.2. The van der Waals surface area contributed by atoms with Crippen molar-refractivity contribution in [2.45, 2.75) is 0 Å². The third-order valence-electron chi connectivity index (χ3n) is 3.71. The third-order valence-corrected chi connectivity index (χ3v) is 4.60. The van der Waals surface area contributed by atoms with Gasteiger partial charge in [0.1, 0.15) is 4.88 Å². The highest BCUT2D eigenvalue weighted by Gasteiger charge is 2.18. The Kier molecular flexibility index (Phi) is 5.22. The highest BCUT2D eigenvalue weighted by Crippen LogP contribution is 2.29. The van der Waals surface area contributed by atoms with Crippen molar-refractivity contribution in [3.8, 4) is 11.3 Å². The number of nitrogen functional groups attached to an aromatic ring is 1. The van der Waals surface area contributed by atoms with Gasteiger partial charge in [-0.05, 0) is 0 Å². The number of morpholine rings is 1. The molecule has 2 aromatic rings. The second-order valence-corrected chi connectivity index (χ2v) is 6.34. The summed E-state index contributed by atoms with van der Waals surface area (Å²) in [5, 5.41) is 3.37. The largest absolute Gasteiger partial charge is 0.379 e. The minimum absolute atomic E-state index is 0.119. The number of rotatable bonds is 5.